The summed E-state index contributed by atoms with van der Waals surface area (Å²) in [7, 11) is 0. The molecular formula is C30H30N2O5. The maximum absolute atomic E-state index is 13.0. The Labute approximate surface area is 216 Å². The Kier molecular flexibility index (Phi) is 6.20. The number of ether oxygens (including phenoxy) is 2. The second-order valence-electron chi connectivity index (χ2n) is 10.2. The molecule has 7 nitrogen and oxygen atoms in total. The number of anilines is 2. The van der Waals surface area contributed by atoms with Crippen LogP contribution < -0.4 is 19.7 Å². The number of carboxylic acids is 1. The first-order valence-electron chi connectivity index (χ1n) is 13.0. The molecule has 0 bridgehead atoms. The lowest BCUT2D eigenvalue weighted by Crippen LogP contribution is -2.33. The van der Waals surface area contributed by atoms with Crippen LogP contribution >= 0.6 is 0 Å². The van der Waals surface area contributed by atoms with E-state index >= 15 is 0 Å². The predicted octanol–water partition coefficient (Wildman–Crippen LogP) is 6.43. The molecule has 3 aliphatic rings. The molecule has 2 heterocycles. The number of nitrogens with zero attached hydrogens (tertiary/aromatic N) is 1. The fourth-order valence-corrected chi connectivity index (χ4v) is 5.85. The van der Waals surface area contributed by atoms with E-state index in [2.05, 4.69) is 41.7 Å². The molecule has 1 saturated carbocycles. The molecule has 2 amide bonds. The summed E-state index contributed by atoms with van der Waals surface area (Å²) >= 11 is 0. The number of carbonyl (C=O) groups is 2. The maximum atomic E-state index is 13.0. The molecule has 0 radical (unpaired) electrons. The Morgan fingerprint density at radius 2 is 1.65 bits per heavy atom. The third kappa shape index (κ3) is 4.86. The molecule has 1 fully saturated rings. The van der Waals surface area contributed by atoms with E-state index in [1.165, 1.54) is 11.1 Å². The number of benzene rings is 3. The van der Waals surface area contributed by atoms with Crippen molar-refractivity contribution in [1.29, 1.82) is 0 Å². The van der Waals surface area contributed by atoms with Crippen LogP contribution in [0.3, 0.4) is 0 Å². The smallest absolute Gasteiger partial charge is 0.326 e. The average Bonchev–Trinajstić information content (AvgIpc) is 3.55. The Balaban J connectivity index is 1.11. The zero-order valence-electron chi connectivity index (χ0n) is 20.6. The molecule has 1 aliphatic carbocycles. The Morgan fingerprint density at radius 1 is 0.892 bits per heavy atom. The molecule has 0 unspecified atom stereocenters. The third-order valence-electron chi connectivity index (χ3n) is 7.87. The van der Waals surface area contributed by atoms with Crippen molar-refractivity contribution in [2.75, 3.05) is 23.6 Å². The minimum atomic E-state index is -0.685. The van der Waals surface area contributed by atoms with Crippen LogP contribution in [0, 0.1) is 5.92 Å². The van der Waals surface area contributed by atoms with E-state index in [-0.39, 0.29) is 12.8 Å². The van der Waals surface area contributed by atoms with Crippen molar-refractivity contribution in [2.45, 2.75) is 44.4 Å². The van der Waals surface area contributed by atoms with Gasteiger partial charge in [0.05, 0.1) is 0 Å². The van der Waals surface area contributed by atoms with Gasteiger partial charge < -0.3 is 19.9 Å². The van der Waals surface area contributed by atoms with Gasteiger partial charge in [0.25, 0.3) is 0 Å². The number of carbonyl (C=O) groups excluding carboxylic acids is 1. The minimum Gasteiger partial charge on any atom is -0.481 e. The van der Waals surface area contributed by atoms with Crippen LogP contribution in [0.5, 0.6) is 11.5 Å². The van der Waals surface area contributed by atoms with E-state index in [0.717, 1.165) is 48.9 Å². The monoisotopic (exact) mass is 498 g/mol. The quantitative estimate of drug-likeness (QED) is 0.423. The third-order valence-corrected chi connectivity index (χ3v) is 7.87. The van der Waals surface area contributed by atoms with Gasteiger partial charge in [-0.2, -0.15) is 0 Å². The maximum Gasteiger partial charge on any atom is 0.326 e. The van der Waals surface area contributed by atoms with Crippen molar-refractivity contribution in [1.82, 2.24) is 0 Å². The first-order chi connectivity index (χ1) is 18.0. The second-order valence-corrected chi connectivity index (χ2v) is 10.2. The summed E-state index contributed by atoms with van der Waals surface area (Å²) in [4.78, 5) is 25.8. The van der Waals surface area contributed by atoms with Crippen LogP contribution in [0.1, 0.15) is 49.1 Å². The molecule has 7 heteroatoms. The van der Waals surface area contributed by atoms with Crippen molar-refractivity contribution in [2.24, 2.45) is 5.92 Å². The van der Waals surface area contributed by atoms with Gasteiger partial charge in [0.1, 0.15) is 0 Å². The number of urea groups is 1. The number of carboxylic acid groups (broad SMARTS) is 1. The molecule has 0 atom stereocenters. The topological polar surface area (TPSA) is 88.1 Å². The molecular weight excluding hydrogens is 468 g/mol. The van der Waals surface area contributed by atoms with E-state index in [4.69, 9.17) is 14.6 Å². The van der Waals surface area contributed by atoms with Gasteiger partial charge in [0, 0.05) is 30.4 Å². The highest BCUT2D eigenvalue weighted by Crippen LogP contribution is 2.39. The van der Waals surface area contributed by atoms with Crippen LogP contribution in [0.4, 0.5) is 16.2 Å². The number of amides is 2. The van der Waals surface area contributed by atoms with Crippen LogP contribution in [0.15, 0.2) is 60.7 Å². The predicted molar refractivity (Wildman–Crippen MR) is 141 cm³/mol. The molecule has 0 spiro atoms. The van der Waals surface area contributed by atoms with Gasteiger partial charge in [-0.3, -0.25) is 9.69 Å². The lowest BCUT2D eigenvalue weighted by molar-refractivity contribution is -0.138. The Hall–Kier alpha value is -4.00. The summed E-state index contributed by atoms with van der Waals surface area (Å²) < 4.78 is 10.8. The lowest BCUT2D eigenvalue weighted by Gasteiger charge is -2.28. The summed E-state index contributed by atoms with van der Waals surface area (Å²) in [5.74, 6) is 1.47. The van der Waals surface area contributed by atoms with Crippen LogP contribution in [0.25, 0.3) is 11.1 Å². The Bertz CT molecular complexity index is 1330. The summed E-state index contributed by atoms with van der Waals surface area (Å²) in [5.41, 5.74) is 6.43. The van der Waals surface area contributed by atoms with Gasteiger partial charge in [0.2, 0.25) is 6.79 Å². The molecule has 190 valence electrons. The number of hydrogen-bond acceptors (Lipinski definition) is 4. The zero-order chi connectivity index (χ0) is 25.4. The number of fused-ring (bicyclic) bond motifs is 2. The fourth-order valence-electron chi connectivity index (χ4n) is 5.85. The molecule has 0 saturated heterocycles. The van der Waals surface area contributed by atoms with E-state index in [0.29, 0.717) is 42.0 Å². The van der Waals surface area contributed by atoms with Crippen molar-refractivity contribution < 1.29 is 24.2 Å². The average molecular weight is 499 g/mol. The minimum absolute atomic E-state index is 0.159. The van der Waals surface area contributed by atoms with E-state index < -0.39 is 5.97 Å². The Morgan fingerprint density at radius 3 is 2.43 bits per heavy atom. The van der Waals surface area contributed by atoms with Gasteiger partial charge >= 0.3 is 12.0 Å². The lowest BCUT2D eigenvalue weighted by atomic mass is 9.77. The van der Waals surface area contributed by atoms with Gasteiger partial charge in [-0.05, 0) is 90.5 Å². The molecule has 2 aliphatic heterocycles. The van der Waals surface area contributed by atoms with Crippen molar-refractivity contribution in [3.05, 3.63) is 71.8 Å². The summed E-state index contributed by atoms with van der Waals surface area (Å²) in [6.45, 7) is 0.839. The van der Waals surface area contributed by atoms with Crippen LogP contribution in [0.2, 0.25) is 0 Å². The molecule has 3 aromatic rings. The van der Waals surface area contributed by atoms with Crippen LogP contribution in [-0.4, -0.2) is 30.4 Å². The first-order valence-corrected chi connectivity index (χ1v) is 13.0. The van der Waals surface area contributed by atoms with Gasteiger partial charge in [-0.25, -0.2) is 4.79 Å². The van der Waals surface area contributed by atoms with E-state index in [1.807, 2.05) is 12.1 Å². The highest BCUT2D eigenvalue weighted by molar-refractivity contribution is 6.03. The van der Waals surface area contributed by atoms with E-state index in [1.54, 1.807) is 17.0 Å². The van der Waals surface area contributed by atoms with Crippen molar-refractivity contribution >= 4 is 23.4 Å². The zero-order valence-corrected chi connectivity index (χ0v) is 20.6. The first kappa shape index (κ1) is 23.4. The molecule has 2 N–H and O–H groups in total. The highest BCUT2D eigenvalue weighted by Gasteiger charge is 2.26. The summed E-state index contributed by atoms with van der Waals surface area (Å²) in [5, 5.41) is 12.0. The fraction of sp³-hybridized carbons (Fsp3) is 0.333. The second kappa shape index (κ2) is 9.81. The van der Waals surface area contributed by atoms with Crippen molar-refractivity contribution in [3.63, 3.8) is 0 Å². The van der Waals surface area contributed by atoms with Gasteiger partial charge in [-0.1, -0.05) is 30.3 Å². The van der Waals surface area contributed by atoms with E-state index in [9.17, 15) is 9.59 Å². The number of aliphatic carboxylic acids is 1. The van der Waals surface area contributed by atoms with Gasteiger partial charge in [0.15, 0.2) is 11.5 Å². The number of hydrogen-bond donors (Lipinski definition) is 2. The molecule has 37 heavy (non-hydrogen) atoms. The number of nitrogens with one attached hydrogen (secondary N) is 1. The van der Waals surface area contributed by atoms with Gasteiger partial charge in [-0.15, -0.1) is 0 Å². The molecule has 6 rings (SSSR count). The summed E-state index contributed by atoms with van der Waals surface area (Å²) in [6.07, 6.45) is 5.20. The number of rotatable bonds is 5. The normalized spacial score (nSPS) is 19.9. The SMILES string of the molecule is O=C(O)C[C@H]1CC[C@H](c2ccc(-c3ccc4c(c3)CCN4C(=O)Nc3ccc4c(c3)OCO4)cc2)CC1. The highest BCUT2D eigenvalue weighted by atomic mass is 16.7. The summed E-state index contributed by atoms with van der Waals surface area (Å²) in [6, 6.07) is 20.3. The largest absolute Gasteiger partial charge is 0.481 e. The van der Waals surface area contributed by atoms with Crippen LogP contribution in [-0.2, 0) is 11.2 Å². The molecule has 3 aromatic carbocycles. The van der Waals surface area contributed by atoms with Crippen molar-refractivity contribution in [3.8, 4) is 22.6 Å². The molecule has 0 aromatic heterocycles. The standard InChI is InChI=1S/C30H30N2O5/c33-29(34)15-19-1-3-20(4-2-19)21-5-7-22(8-6-21)23-9-11-26-24(16-23)13-14-32(26)30(35)31-25-10-12-27-28(17-25)37-18-36-27/h5-12,16-17,19-20H,1-4,13-15,18H2,(H,31,35)(H,33,34)/t19-,20-.